The molecule has 2 aromatic carbocycles. The van der Waals surface area contributed by atoms with E-state index in [1.165, 1.54) is 12.1 Å². The van der Waals surface area contributed by atoms with Gasteiger partial charge in [0, 0.05) is 15.7 Å². The highest BCUT2D eigenvalue weighted by Crippen LogP contribution is 2.20. The number of benzene rings is 2. The minimum atomic E-state index is -1.15. The summed E-state index contributed by atoms with van der Waals surface area (Å²) >= 11 is 3.11. The molecule has 0 aliphatic rings. The van der Waals surface area contributed by atoms with E-state index in [-0.39, 0.29) is 5.56 Å². The third-order valence-electron chi connectivity index (χ3n) is 2.72. The summed E-state index contributed by atoms with van der Waals surface area (Å²) < 4.78 is 13.8. The number of carboxylic acid groups (broad SMARTS) is 1. The molecule has 4 nitrogen and oxygen atoms in total. The standard InChI is InChI=1S/C15H11BrFNO3/c16-11-6-10(7-12(17)8-11)15(21)18(9-14(19)20)13-4-2-1-3-5-13/h1-8H,9H2,(H,19,20). The Kier molecular flexibility index (Phi) is 4.70. The first kappa shape index (κ1) is 15.2. The third-order valence-corrected chi connectivity index (χ3v) is 3.17. The maximum absolute atomic E-state index is 13.4. The Labute approximate surface area is 128 Å². The number of carbonyl (C=O) groups excluding carboxylic acids is 1. The highest BCUT2D eigenvalue weighted by molar-refractivity contribution is 9.10. The first-order valence-electron chi connectivity index (χ1n) is 6.02. The smallest absolute Gasteiger partial charge is 0.323 e. The van der Waals surface area contributed by atoms with Gasteiger partial charge in [-0.15, -0.1) is 0 Å². The van der Waals surface area contributed by atoms with Gasteiger partial charge in [-0.25, -0.2) is 4.39 Å². The molecule has 6 heteroatoms. The first-order chi connectivity index (χ1) is 9.97. The Morgan fingerprint density at radius 3 is 2.38 bits per heavy atom. The molecular formula is C15H11BrFNO3. The third kappa shape index (κ3) is 3.88. The zero-order valence-electron chi connectivity index (χ0n) is 10.8. The Bertz CT molecular complexity index is 656. The molecule has 2 rings (SSSR count). The Morgan fingerprint density at radius 1 is 1.14 bits per heavy atom. The van der Waals surface area contributed by atoms with Crippen molar-refractivity contribution in [2.24, 2.45) is 0 Å². The molecule has 0 aliphatic heterocycles. The van der Waals surface area contributed by atoms with Gasteiger partial charge in [0.25, 0.3) is 5.91 Å². The van der Waals surface area contributed by atoms with Gasteiger partial charge in [-0.1, -0.05) is 34.1 Å². The fourth-order valence-corrected chi connectivity index (χ4v) is 2.32. The molecule has 0 radical (unpaired) electrons. The molecule has 21 heavy (non-hydrogen) atoms. The van der Waals surface area contributed by atoms with Crippen molar-refractivity contribution >= 4 is 33.5 Å². The number of carbonyl (C=O) groups is 2. The van der Waals surface area contributed by atoms with E-state index in [0.29, 0.717) is 10.2 Å². The summed E-state index contributed by atoms with van der Waals surface area (Å²) in [6.45, 7) is -0.503. The van der Waals surface area contributed by atoms with Crippen LogP contribution in [-0.2, 0) is 4.79 Å². The lowest BCUT2D eigenvalue weighted by Gasteiger charge is -2.21. The fourth-order valence-electron chi connectivity index (χ4n) is 1.86. The van der Waals surface area contributed by atoms with Crippen molar-refractivity contribution in [1.29, 1.82) is 0 Å². The van der Waals surface area contributed by atoms with E-state index >= 15 is 0 Å². The lowest BCUT2D eigenvalue weighted by molar-refractivity contribution is -0.135. The van der Waals surface area contributed by atoms with Gasteiger partial charge in [0.15, 0.2) is 0 Å². The zero-order chi connectivity index (χ0) is 15.4. The van der Waals surface area contributed by atoms with Gasteiger partial charge in [-0.05, 0) is 30.3 Å². The minimum absolute atomic E-state index is 0.0759. The van der Waals surface area contributed by atoms with E-state index in [0.717, 1.165) is 11.0 Å². The van der Waals surface area contributed by atoms with Crippen LogP contribution in [0, 0.1) is 5.82 Å². The molecule has 0 aromatic heterocycles. The van der Waals surface area contributed by atoms with Crippen molar-refractivity contribution in [3.63, 3.8) is 0 Å². The molecule has 0 aliphatic carbocycles. The Morgan fingerprint density at radius 2 is 1.81 bits per heavy atom. The lowest BCUT2D eigenvalue weighted by Crippen LogP contribution is -2.35. The van der Waals surface area contributed by atoms with E-state index in [9.17, 15) is 14.0 Å². The second kappa shape index (κ2) is 6.49. The number of para-hydroxylation sites is 1. The van der Waals surface area contributed by atoms with Gasteiger partial charge in [0.2, 0.25) is 0 Å². The number of anilines is 1. The number of nitrogens with zero attached hydrogens (tertiary/aromatic N) is 1. The van der Waals surface area contributed by atoms with E-state index in [4.69, 9.17) is 5.11 Å². The number of rotatable bonds is 4. The molecule has 0 saturated carbocycles. The Hall–Kier alpha value is -2.21. The molecule has 1 N–H and O–H groups in total. The van der Waals surface area contributed by atoms with Crippen molar-refractivity contribution < 1.29 is 19.1 Å². The quantitative estimate of drug-likeness (QED) is 0.919. The second-order valence-electron chi connectivity index (χ2n) is 4.28. The number of halogens is 2. The van der Waals surface area contributed by atoms with Gasteiger partial charge in [-0.2, -0.15) is 0 Å². The normalized spacial score (nSPS) is 10.2. The molecule has 0 fully saturated rings. The topological polar surface area (TPSA) is 57.6 Å². The number of carboxylic acids is 1. The molecule has 0 unspecified atom stereocenters. The maximum Gasteiger partial charge on any atom is 0.323 e. The molecule has 2 aromatic rings. The first-order valence-corrected chi connectivity index (χ1v) is 6.81. The predicted octanol–water partition coefficient (Wildman–Crippen LogP) is 3.32. The van der Waals surface area contributed by atoms with Gasteiger partial charge in [0.1, 0.15) is 12.4 Å². The van der Waals surface area contributed by atoms with E-state index < -0.39 is 24.2 Å². The summed E-state index contributed by atoms with van der Waals surface area (Å²) in [5, 5.41) is 8.97. The summed E-state index contributed by atoms with van der Waals surface area (Å²) in [7, 11) is 0. The van der Waals surface area contributed by atoms with Crippen molar-refractivity contribution in [3.8, 4) is 0 Å². The average Bonchev–Trinajstić information content (AvgIpc) is 2.44. The number of aliphatic carboxylic acids is 1. The van der Waals surface area contributed by atoms with Crippen molar-refractivity contribution in [1.82, 2.24) is 0 Å². The summed E-state index contributed by atoms with van der Waals surface area (Å²) in [4.78, 5) is 24.5. The molecule has 0 saturated heterocycles. The molecular weight excluding hydrogens is 341 g/mol. The predicted molar refractivity (Wildman–Crippen MR) is 79.9 cm³/mol. The van der Waals surface area contributed by atoms with E-state index in [1.54, 1.807) is 30.3 Å². The minimum Gasteiger partial charge on any atom is -0.480 e. The van der Waals surface area contributed by atoms with Crippen LogP contribution < -0.4 is 4.90 Å². The van der Waals surface area contributed by atoms with Gasteiger partial charge < -0.3 is 5.11 Å². The largest absolute Gasteiger partial charge is 0.480 e. The van der Waals surface area contributed by atoms with Crippen molar-refractivity contribution in [2.45, 2.75) is 0 Å². The van der Waals surface area contributed by atoms with Crippen molar-refractivity contribution in [2.75, 3.05) is 11.4 Å². The SMILES string of the molecule is O=C(O)CN(C(=O)c1cc(F)cc(Br)c1)c1ccccc1. The summed E-state index contributed by atoms with van der Waals surface area (Å²) in [6, 6.07) is 12.1. The van der Waals surface area contributed by atoms with Crippen LogP contribution in [0.15, 0.2) is 53.0 Å². The van der Waals surface area contributed by atoms with Crippen LogP contribution in [0.2, 0.25) is 0 Å². The fraction of sp³-hybridized carbons (Fsp3) is 0.0667. The molecule has 108 valence electrons. The number of hydrogen-bond acceptors (Lipinski definition) is 2. The van der Waals surface area contributed by atoms with E-state index in [1.807, 2.05) is 0 Å². The van der Waals surface area contributed by atoms with Crippen LogP contribution in [0.4, 0.5) is 10.1 Å². The van der Waals surface area contributed by atoms with Gasteiger partial charge in [0.05, 0.1) is 0 Å². The van der Waals surface area contributed by atoms with Crippen LogP contribution in [0.25, 0.3) is 0 Å². The van der Waals surface area contributed by atoms with Crippen LogP contribution in [0.1, 0.15) is 10.4 Å². The molecule has 0 spiro atoms. The molecule has 0 atom stereocenters. The van der Waals surface area contributed by atoms with E-state index in [2.05, 4.69) is 15.9 Å². The van der Waals surface area contributed by atoms with Crippen LogP contribution >= 0.6 is 15.9 Å². The van der Waals surface area contributed by atoms with Crippen LogP contribution in [0.3, 0.4) is 0 Å². The molecule has 1 amide bonds. The molecule has 0 heterocycles. The monoisotopic (exact) mass is 351 g/mol. The van der Waals surface area contributed by atoms with Crippen LogP contribution in [0.5, 0.6) is 0 Å². The number of hydrogen-bond donors (Lipinski definition) is 1. The summed E-state index contributed by atoms with van der Waals surface area (Å²) in [5.74, 6) is -2.30. The van der Waals surface area contributed by atoms with Crippen LogP contribution in [-0.4, -0.2) is 23.5 Å². The number of amides is 1. The summed E-state index contributed by atoms with van der Waals surface area (Å²) in [6.07, 6.45) is 0. The highest BCUT2D eigenvalue weighted by atomic mass is 79.9. The Balaban J connectivity index is 2.41. The van der Waals surface area contributed by atoms with Gasteiger partial charge in [-0.3, -0.25) is 14.5 Å². The lowest BCUT2D eigenvalue weighted by atomic mass is 10.1. The highest BCUT2D eigenvalue weighted by Gasteiger charge is 2.21. The van der Waals surface area contributed by atoms with Gasteiger partial charge >= 0.3 is 5.97 Å². The second-order valence-corrected chi connectivity index (χ2v) is 5.19. The maximum atomic E-state index is 13.4. The summed E-state index contributed by atoms with van der Waals surface area (Å²) in [5.41, 5.74) is 0.511. The average molecular weight is 352 g/mol. The zero-order valence-corrected chi connectivity index (χ0v) is 12.4. The van der Waals surface area contributed by atoms with Crippen molar-refractivity contribution in [3.05, 3.63) is 64.4 Å². The molecule has 0 bridgehead atoms.